The van der Waals surface area contributed by atoms with E-state index in [-0.39, 0.29) is 5.91 Å². The first-order valence-electron chi connectivity index (χ1n) is 9.44. The van der Waals surface area contributed by atoms with E-state index < -0.39 is 0 Å². The summed E-state index contributed by atoms with van der Waals surface area (Å²) in [6, 6.07) is 8.69. The highest BCUT2D eigenvalue weighted by atomic mass is 32.1. The van der Waals surface area contributed by atoms with Crippen LogP contribution in [0.5, 0.6) is 0 Å². The molecular formula is C20H28N2OS. The van der Waals surface area contributed by atoms with E-state index in [9.17, 15) is 4.79 Å². The summed E-state index contributed by atoms with van der Waals surface area (Å²) >= 11 is 5.26. The molecule has 4 heteroatoms. The van der Waals surface area contributed by atoms with Crippen LogP contribution in [0.4, 0.5) is 5.69 Å². The minimum Gasteiger partial charge on any atom is -0.369 e. The smallest absolute Gasteiger partial charge is 0.283 e. The van der Waals surface area contributed by atoms with Crippen molar-refractivity contribution in [3.8, 4) is 0 Å². The molecule has 3 rings (SSSR count). The molecule has 3 nitrogen and oxygen atoms in total. The zero-order chi connectivity index (χ0) is 16.8. The van der Waals surface area contributed by atoms with Gasteiger partial charge in [-0.3, -0.25) is 4.79 Å². The average molecular weight is 345 g/mol. The number of amides is 1. The molecule has 0 bridgehead atoms. The van der Waals surface area contributed by atoms with E-state index in [1.165, 1.54) is 56.9 Å². The highest BCUT2D eigenvalue weighted by molar-refractivity contribution is 7.82. The lowest BCUT2D eigenvalue weighted by Crippen LogP contribution is -2.41. The molecule has 0 aliphatic heterocycles. The van der Waals surface area contributed by atoms with Crippen LogP contribution >= 0.6 is 12.2 Å². The summed E-state index contributed by atoms with van der Waals surface area (Å²) in [4.78, 5) is 12.6. The lowest BCUT2D eigenvalue weighted by Gasteiger charge is -2.24. The summed E-state index contributed by atoms with van der Waals surface area (Å²) in [6.45, 7) is 0. The van der Waals surface area contributed by atoms with Crippen LogP contribution in [0.25, 0.3) is 0 Å². The lowest BCUT2D eigenvalue weighted by molar-refractivity contribution is -0.110. The average Bonchev–Trinajstić information content (AvgIpc) is 2.64. The largest absolute Gasteiger partial charge is 0.369 e. The summed E-state index contributed by atoms with van der Waals surface area (Å²) in [7, 11) is 0. The molecule has 0 aromatic heterocycles. The van der Waals surface area contributed by atoms with Gasteiger partial charge in [0.25, 0.3) is 5.91 Å². The fourth-order valence-corrected chi connectivity index (χ4v) is 4.18. The van der Waals surface area contributed by atoms with Crippen LogP contribution in [0, 0.1) is 0 Å². The maximum absolute atomic E-state index is 12.3. The molecule has 1 amide bonds. The van der Waals surface area contributed by atoms with Crippen molar-refractivity contribution in [1.82, 2.24) is 5.32 Å². The maximum Gasteiger partial charge on any atom is 0.283 e. The van der Waals surface area contributed by atoms with Gasteiger partial charge in [-0.05, 0) is 49.3 Å². The lowest BCUT2D eigenvalue weighted by atomic mass is 9.84. The third-order valence-electron chi connectivity index (χ3n) is 5.39. The standard InChI is InChI=1S/C20H28N2OS/c23-19(20(24)22-17-9-5-2-6-10-17)21-18-13-11-16(12-14-18)15-7-3-1-4-8-15/h11-15,17H,1-10H2,(H,21,23)(H,22,24). The molecule has 0 spiro atoms. The molecule has 24 heavy (non-hydrogen) atoms. The zero-order valence-electron chi connectivity index (χ0n) is 14.4. The summed E-state index contributed by atoms with van der Waals surface area (Å²) in [5, 5.41) is 6.14. The van der Waals surface area contributed by atoms with E-state index in [1.807, 2.05) is 12.1 Å². The van der Waals surface area contributed by atoms with Gasteiger partial charge in [-0.15, -0.1) is 0 Å². The summed E-state index contributed by atoms with van der Waals surface area (Å²) in [5.74, 6) is 0.499. The molecule has 130 valence electrons. The summed E-state index contributed by atoms with van der Waals surface area (Å²) in [6.07, 6.45) is 12.6. The predicted octanol–water partition coefficient (Wildman–Crippen LogP) is 4.92. The number of carbonyl (C=O) groups is 1. The molecule has 0 radical (unpaired) electrons. The number of hydrogen-bond donors (Lipinski definition) is 2. The first-order valence-corrected chi connectivity index (χ1v) is 9.85. The topological polar surface area (TPSA) is 41.1 Å². The SMILES string of the molecule is O=C(Nc1ccc(C2CCCCC2)cc1)C(=S)NC1CCCCC1. The number of rotatable bonds is 3. The van der Waals surface area contributed by atoms with Crippen molar-refractivity contribution < 1.29 is 4.79 Å². The number of anilines is 1. The second-order valence-electron chi connectivity index (χ2n) is 7.22. The van der Waals surface area contributed by atoms with Crippen LogP contribution in [0.15, 0.2) is 24.3 Å². The Labute approximate surface area is 150 Å². The Morgan fingerprint density at radius 1 is 0.875 bits per heavy atom. The molecule has 0 saturated heterocycles. The minimum atomic E-state index is -0.194. The first-order chi connectivity index (χ1) is 11.7. The van der Waals surface area contributed by atoms with E-state index in [4.69, 9.17) is 12.2 Å². The quantitative estimate of drug-likeness (QED) is 0.765. The van der Waals surface area contributed by atoms with Gasteiger partial charge in [-0.25, -0.2) is 0 Å². The van der Waals surface area contributed by atoms with Crippen LogP contribution in [-0.2, 0) is 4.79 Å². The van der Waals surface area contributed by atoms with Crippen molar-refractivity contribution >= 4 is 28.8 Å². The van der Waals surface area contributed by atoms with Crippen LogP contribution < -0.4 is 10.6 Å². The first kappa shape index (κ1) is 17.4. The monoisotopic (exact) mass is 344 g/mol. The second-order valence-corrected chi connectivity index (χ2v) is 7.63. The Balaban J connectivity index is 1.51. The third kappa shape index (κ3) is 4.79. The number of benzene rings is 1. The fourth-order valence-electron chi connectivity index (χ4n) is 3.96. The van der Waals surface area contributed by atoms with Gasteiger partial charge in [0.15, 0.2) is 4.99 Å². The normalized spacial score (nSPS) is 19.7. The van der Waals surface area contributed by atoms with Gasteiger partial charge in [0.05, 0.1) is 0 Å². The summed E-state index contributed by atoms with van der Waals surface area (Å²) in [5.41, 5.74) is 2.22. The third-order valence-corrected chi connectivity index (χ3v) is 5.69. The predicted molar refractivity (Wildman–Crippen MR) is 104 cm³/mol. The molecule has 0 unspecified atom stereocenters. The van der Waals surface area contributed by atoms with Crippen molar-refractivity contribution in [2.75, 3.05) is 5.32 Å². The molecule has 2 N–H and O–H groups in total. The van der Waals surface area contributed by atoms with Crippen molar-refractivity contribution in [1.29, 1.82) is 0 Å². The highest BCUT2D eigenvalue weighted by Gasteiger charge is 2.18. The van der Waals surface area contributed by atoms with Crippen molar-refractivity contribution in [2.45, 2.75) is 76.2 Å². The fraction of sp³-hybridized carbons (Fsp3) is 0.600. The van der Waals surface area contributed by atoms with Crippen LogP contribution in [0.2, 0.25) is 0 Å². The highest BCUT2D eigenvalue weighted by Crippen LogP contribution is 2.32. The van der Waals surface area contributed by atoms with Crippen molar-refractivity contribution in [3.63, 3.8) is 0 Å². The number of thiocarbonyl (C=S) groups is 1. The van der Waals surface area contributed by atoms with E-state index in [2.05, 4.69) is 22.8 Å². The van der Waals surface area contributed by atoms with Crippen LogP contribution in [-0.4, -0.2) is 16.9 Å². The minimum absolute atomic E-state index is 0.194. The van der Waals surface area contributed by atoms with Gasteiger partial charge < -0.3 is 10.6 Å². The molecule has 2 fully saturated rings. The molecule has 0 atom stereocenters. The Morgan fingerprint density at radius 3 is 2.08 bits per heavy atom. The van der Waals surface area contributed by atoms with Gasteiger partial charge in [0, 0.05) is 11.7 Å². The molecule has 1 aromatic carbocycles. The maximum atomic E-state index is 12.3. The Kier molecular flexibility index (Phi) is 6.24. The zero-order valence-corrected chi connectivity index (χ0v) is 15.2. The molecule has 0 heterocycles. The van der Waals surface area contributed by atoms with Crippen molar-refractivity contribution in [3.05, 3.63) is 29.8 Å². The number of hydrogen-bond acceptors (Lipinski definition) is 2. The Hall–Kier alpha value is -1.42. The van der Waals surface area contributed by atoms with Gasteiger partial charge >= 0.3 is 0 Å². The Morgan fingerprint density at radius 2 is 1.46 bits per heavy atom. The van der Waals surface area contributed by atoms with Gasteiger partial charge in [0.2, 0.25) is 0 Å². The van der Waals surface area contributed by atoms with Gasteiger partial charge in [-0.2, -0.15) is 0 Å². The van der Waals surface area contributed by atoms with E-state index in [0.717, 1.165) is 18.5 Å². The molecule has 2 aliphatic rings. The van der Waals surface area contributed by atoms with Gasteiger partial charge in [0.1, 0.15) is 0 Å². The van der Waals surface area contributed by atoms with Crippen LogP contribution in [0.3, 0.4) is 0 Å². The van der Waals surface area contributed by atoms with E-state index >= 15 is 0 Å². The Bertz CT molecular complexity index is 558. The molecular weight excluding hydrogens is 316 g/mol. The van der Waals surface area contributed by atoms with Crippen molar-refractivity contribution in [2.24, 2.45) is 0 Å². The summed E-state index contributed by atoms with van der Waals surface area (Å²) < 4.78 is 0. The van der Waals surface area contributed by atoms with Crippen LogP contribution in [0.1, 0.15) is 75.7 Å². The van der Waals surface area contributed by atoms with Gasteiger partial charge in [-0.1, -0.05) is 62.9 Å². The number of nitrogens with one attached hydrogen (secondary N) is 2. The molecule has 2 aliphatic carbocycles. The second kappa shape index (κ2) is 8.61. The molecule has 1 aromatic rings. The van der Waals surface area contributed by atoms with E-state index in [1.54, 1.807) is 0 Å². The molecule has 2 saturated carbocycles. The number of carbonyl (C=O) groups excluding carboxylic acids is 1. The van der Waals surface area contributed by atoms with E-state index in [0.29, 0.717) is 16.9 Å².